The summed E-state index contributed by atoms with van der Waals surface area (Å²) < 4.78 is 1.71. The molecule has 0 aliphatic heterocycles. The van der Waals surface area contributed by atoms with Crippen molar-refractivity contribution >= 4 is 28.3 Å². The van der Waals surface area contributed by atoms with Gasteiger partial charge in [0.1, 0.15) is 0 Å². The van der Waals surface area contributed by atoms with Crippen LogP contribution in [0.15, 0.2) is 29.4 Å². The van der Waals surface area contributed by atoms with E-state index in [0.717, 1.165) is 34.0 Å². The van der Waals surface area contributed by atoms with Crippen molar-refractivity contribution in [2.24, 2.45) is 0 Å². The van der Waals surface area contributed by atoms with E-state index in [2.05, 4.69) is 39.7 Å². The molecule has 2 aromatic heterocycles. The Morgan fingerprint density at radius 1 is 1.30 bits per heavy atom. The maximum Gasteiger partial charge on any atom is 0.193 e. The molecule has 1 N–H and O–H groups in total. The summed E-state index contributed by atoms with van der Waals surface area (Å²) in [6.07, 6.45) is 0. The predicted octanol–water partition coefficient (Wildman–Crippen LogP) is 1.76. The van der Waals surface area contributed by atoms with Crippen LogP contribution in [0.3, 0.4) is 0 Å². The molecule has 3 aromatic rings. The number of nitrogens with one attached hydrogen (secondary N) is 1. The Morgan fingerprint density at radius 2 is 2.15 bits per heavy atom. The molecule has 1 aromatic carbocycles. The van der Waals surface area contributed by atoms with E-state index in [9.17, 15) is 0 Å². The fraction of sp³-hybridized carbons (Fsp3) is 0.385. The molecular weight excluding hydrogens is 272 g/mol. The molecule has 0 unspecified atom stereocenters. The maximum atomic E-state index is 4.65. The topological polar surface area (TPSA) is 68.0 Å². The summed E-state index contributed by atoms with van der Waals surface area (Å²) in [7, 11) is 0. The first-order valence-electron chi connectivity index (χ1n) is 6.59. The summed E-state index contributed by atoms with van der Waals surface area (Å²) in [6, 6.07) is 8.42. The molecule has 0 atom stereocenters. The summed E-state index contributed by atoms with van der Waals surface area (Å²) in [5, 5.41) is 17.1. The molecule has 0 saturated carbocycles. The minimum Gasteiger partial charge on any atom is -0.314 e. The second-order valence-electron chi connectivity index (χ2n) is 4.78. The average Bonchev–Trinajstić information content (AvgIpc) is 2.93. The van der Waals surface area contributed by atoms with Crippen molar-refractivity contribution < 1.29 is 0 Å². The summed E-state index contributed by atoms with van der Waals surface area (Å²) in [6.45, 7) is 5.21. The molecule has 20 heavy (non-hydrogen) atoms. The van der Waals surface area contributed by atoms with Crippen LogP contribution >= 0.6 is 11.8 Å². The van der Waals surface area contributed by atoms with Crippen molar-refractivity contribution in [2.45, 2.75) is 25.0 Å². The highest BCUT2D eigenvalue weighted by atomic mass is 32.2. The molecule has 3 rings (SSSR count). The van der Waals surface area contributed by atoms with E-state index in [1.54, 1.807) is 16.3 Å². The van der Waals surface area contributed by atoms with Crippen molar-refractivity contribution in [1.82, 2.24) is 30.3 Å². The lowest BCUT2D eigenvalue weighted by molar-refractivity contribution is 0.615. The number of tetrazole rings is 1. The molecule has 0 amide bonds. The quantitative estimate of drug-likeness (QED) is 0.438. The highest BCUT2D eigenvalue weighted by Crippen LogP contribution is 2.22. The Labute approximate surface area is 121 Å². The Balaban J connectivity index is 1.90. The number of para-hydroxylation sites is 1. The fourth-order valence-electron chi connectivity index (χ4n) is 1.98. The molecule has 7 heteroatoms. The van der Waals surface area contributed by atoms with E-state index in [4.69, 9.17) is 0 Å². The van der Waals surface area contributed by atoms with Gasteiger partial charge in [0.25, 0.3) is 0 Å². The Kier molecular flexibility index (Phi) is 3.79. The van der Waals surface area contributed by atoms with Crippen molar-refractivity contribution in [3.63, 3.8) is 0 Å². The monoisotopic (exact) mass is 288 g/mol. The highest BCUT2D eigenvalue weighted by Gasteiger charge is 2.11. The van der Waals surface area contributed by atoms with Crippen molar-refractivity contribution in [3.05, 3.63) is 24.3 Å². The highest BCUT2D eigenvalue weighted by molar-refractivity contribution is 7.99. The van der Waals surface area contributed by atoms with Crippen LogP contribution in [0.25, 0.3) is 16.6 Å². The summed E-state index contributed by atoms with van der Waals surface area (Å²) in [5.74, 6) is 0.929. The molecule has 2 heterocycles. The van der Waals surface area contributed by atoms with Gasteiger partial charge in [0.2, 0.25) is 0 Å². The van der Waals surface area contributed by atoms with Gasteiger partial charge in [-0.1, -0.05) is 37.7 Å². The third-order valence-electron chi connectivity index (χ3n) is 2.90. The molecule has 0 aliphatic carbocycles. The van der Waals surface area contributed by atoms with Crippen LogP contribution in [-0.4, -0.2) is 43.4 Å². The fourth-order valence-corrected chi connectivity index (χ4v) is 2.79. The zero-order chi connectivity index (χ0) is 13.9. The SMILES string of the molecule is CC(C)NCCSc1nc2ccccc2c2nnnn12. The number of hydrogen-bond acceptors (Lipinski definition) is 6. The van der Waals surface area contributed by atoms with E-state index in [1.165, 1.54) is 0 Å². The number of benzene rings is 1. The average molecular weight is 288 g/mol. The first-order valence-corrected chi connectivity index (χ1v) is 7.57. The minimum absolute atomic E-state index is 0.494. The second-order valence-corrected chi connectivity index (χ2v) is 5.85. The predicted molar refractivity (Wildman–Crippen MR) is 79.9 cm³/mol. The van der Waals surface area contributed by atoms with Crippen LogP contribution in [0.1, 0.15) is 13.8 Å². The summed E-state index contributed by atoms with van der Waals surface area (Å²) >= 11 is 1.66. The van der Waals surface area contributed by atoms with Gasteiger partial charge in [-0.05, 0) is 22.6 Å². The van der Waals surface area contributed by atoms with E-state index in [1.807, 2.05) is 24.3 Å². The van der Waals surface area contributed by atoms with Crippen LogP contribution in [0.4, 0.5) is 0 Å². The van der Waals surface area contributed by atoms with Gasteiger partial charge in [0, 0.05) is 23.7 Å². The second kappa shape index (κ2) is 5.72. The number of hydrogen-bond donors (Lipinski definition) is 1. The summed E-state index contributed by atoms with van der Waals surface area (Å²) in [5.41, 5.74) is 1.68. The smallest absolute Gasteiger partial charge is 0.193 e. The molecule has 0 saturated heterocycles. The minimum atomic E-state index is 0.494. The Hall–Kier alpha value is -1.73. The number of aromatic nitrogens is 5. The van der Waals surface area contributed by atoms with Crippen molar-refractivity contribution in [1.29, 1.82) is 0 Å². The Bertz CT molecular complexity index is 723. The normalized spacial score (nSPS) is 11.8. The number of rotatable bonds is 5. The zero-order valence-corrected chi connectivity index (χ0v) is 12.3. The lowest BCUT2D eigenvalue weighted by atomic mass is 10.2. The van der Waals surface area contributed by atoms with Crippen molar-refractivity contribution in [2.75, 3.05) is 12.3 Å². The molecule has 0 aliphatic rings. The van der Waals surface area contributed by atoms with E-state index in [-0.39, 0.29) is 0 Å². The van der Waals surface area contributed by atoms with Gasteiger partial charge in [0.05, 0.1) is 5.52 Å². The lowest BCUT2D eigenvalue weighted by Crippen LogP contribution is -2.25. The molecule has 0 bridgehead atoms. The maximum absolute atomic E-state index is 4.65. The zero-order valence-electron chi connectivity index (χ0n) is 11.4. The molecule has 0 fully saturated rings. The largest absolute Gasteiger partial charge is 0.314 e. The molecular formula is C13H16N6S. The van der Waals surface area contributed by atoms with Gasteiger partial charge in [-0.2, -0.15) is 4.52 Å². The third kappa shape index (κ3) is 2.59. The van der Waals surface area contributed by atoms with Gasteiger partial charge in [-0.15, -0.1) is 5.10 Å². The summed E-state index contributed by atoms with van der Waals surface area (Å²) in [4.78, 5) is 4.65. The molecule has 104 valence electrons. The van der Waals surface area contributed by atoms with Crippen LogP contribution < -0.4 is 5.32 Å². The Morgan fingerprint density at radius 3 is 3.00 bits per heavy atom. The number of thioether (sulfide) groups is 1. The van der Waals surface area contributed by atoms with Gasteiger partial charge in [-0.25, -0.2) is 4.98 Å². The van der Waals surface area contributed by atoms with E-state index >= 15 is 0 Å². The third-order valence-corrected chi connectivity index (χ3v) is 3.83. The number of nitrogens with zero attached hydrogens (tertiary/aromatic N) is 5. The van der Waals surface area contributed by atoms with Crippen LogP contribution in [0.5, 0.6) is 0 Å². The van der Waals surface area contributed by atoms with Gasteiger partial charge >= 0.3 is 0 Å². The van der Waals surface area contributed by atoms with Crippen LogP contribution in [0.2, 0.25) is 0 Å². The standard InChI is InChI=1S/C13H16N6S/c1-9(2)14-7-8-20-13-15-11-6-4-3-5-10(11)12-16-17-18-19(12)13/h3-6,9,14H,7-8H2,1-2H3. The molecule has 0 radical (unpaired) electrons. The van der Waals surface area contributed by atoms with Gasteiger partial charge < -0.3 is 5.32 Å². The molecule has 0 spiro atoms. The van der Waals surface area contributed by atoms with Crippen LogP contribution in [0, 0.1) is 0 Å². The van der Waals surface area contributed by atoms with Crippen LogP contribution in [-0.2, 0) is 0 Å². The first-order chi connectivity index (χ1) is 9.75. The van der Waals surface area contributed by atoms with Gasteiger partial charge in [-0.3, -0.25) is 0 Å². The lowest BCUT2D eigenvalue weighted by Gasteiger charge is -2.08. The van der Waals surface area contributed by atoms with E-state index in [0.29, 0.717) is 6.04 Å². The van der Waals surface area contributed by atoms with Crippen molar-refractivity contribution in [3.8, 4) is 0 Å². The van der Waals surface area contributed by atoms with Gasteiger partial charge in [0.15, 0.2) is 10.8 Å². The van der Waals surface area contributed by atoms with E-state index < -0.39 is 0 Å². The molecule has 6 nitrogen and oxygen atoms in total. The number of fused-ring (bicyclic) bond motifs is 3. The first kappa shape index (κ1) is 13.3.